The molecule has 0 saturated carbocycles. The van der Waals surface area contributed by atoms with Crippen molar-refractivity contribution in [2.24, 2.45) is 11.8 Å². The second-order valence-electron chi connectivity index (χ2n) is 25.2. The van der Waals surface area contributed by atoms with Gasteiger partial charge in [0.25, 0.3) is 17.1 Å². The first-order valence-corrected chi connectivity index (χ1v) is 39.3. The minimum absolute atomic E-state index is 0.0966. The molecule has 6 aliphatic rings. The van der Waals surface area contributed by atoms with Gasteiger partial charge in [0.05, 0.1) is 36.6 Å². The third-order valence-corrected chi connectivity index (χ3v) is 31.1. The van der Waals surface area contributed by atoms with E-state index >= 15 is 0 Å². The minimum Gasteiger partial charge on any atom is -0.352 e. The SMILES string of the molecule is CC[C@H]1O[C@@H](n2ccc(NC(=O)C(C)C)nc2=O)CC1O[P@@]1O[C@H](C[Si](C)(c2ccccc2)c2ccccc2)[C@@H]2CCCN21.CC[C@H]1O[C@@H](n2ccc(NC(=O)C(C)C)nc2=O)CC1O[P@]1O[C@@H](C[Si](C)(c2ccccc2)c2ccccc2)[C@H]2CCCN21. The summed E-state index contributed by atoms with van der Waals surface area (Å²) in [5, 5.41) is 11.1. The zero-order valence-electron chi connectivity index (χ0n) is 51.9. The Hall–Kier alpha value is -5.45. The van der Waals surface area contributed by atoms with E-state index in [4.69, 9.17) is 27.6 Å². The maximum absolute atomic E-state index is 12.9. The van der Waals surface area contributed by atoms with Crippen LogP contribution in [-0.4, -0.2) is 118 Å². The van der Waals surface area contributed by atoms with Crippen molar-refractivity contribution in [2.75, 3.05) is 23.7 Å². The van der Waals surface area contributed by atoms with Crippen LogP contribution in [-0.2, 0) is 37.2 Å². The average molecular weight is 1270 g/mol. The van der Waals surface area contributed by atoms with E-state index in [2.05, 4.69) is 178 Å². The lowest BCUT2D eigenvalue weighted by Gasteiger charge is -2.32. The van der Waals surface area contributed by atoms with Crippen LogP contribution < -0.4 is 42.8 Å². The summed E-state index contributed by atoms with van der Waals surface area (Å²) >= 11 is 0. The van der Waals surface area contributed by atoms with Gasteiger partial charge in [0.1, 0.15) is 40.2 Å². The Bertz CT molecular complexity index is 3130. The quantitative estimate of drug-likeness (QED) is 0.0543. The first kappa shape index (κ1) is 64.1. The second kappa shape index (κ2) is 28.4. The fourth-order valence-corrected chi connectivity index (χ4v) is 25.4. The monoisotopic (exact) mass is 1270 g/mol. The first-order valence-electron chi connectivity index (χ1n) is 31.7. The number of fused-ring (bicyclic) bond motifs is 2. The number of carbonyl (C=O) groups is 2. The van der Waals surface area contributed by atoms with Gasteiger partial charge in [-0.15, -0.1) is 0 Å². The number of hydrogen-bond acceptors (Lipinski definition) is 14. The van der Waals surface area contributed by atoms with Crippen LogP contribution in [0.15, 0.2) is 155 Å². The highest BCUT2D eigenvalue weighted by atomic mass is 31.2. The summed E-state index contributed by atoms with van der Waals surface area (Å²) in [5.74, 6) is -0.277. The highest BCUT2D eigenvalue weighted by Gasteiger charge is 2.54. The first-order chi connectivity index (χ1) is 42.5. The Balaban J connectivity index is 0.000000182. The number of ether oxygens (including phenoxy) is 2. The zero-order chi connectivity index (χ0) is 61.7. The van der Waals surface area contributed by atoms with Crippen LogP contribution in [0.1, 0.15) is 105 Å². The van der Waals surface area contributed by atoms with Gasteiger partial charge in [0.15, 0.2) is 0 Å². The Morgan fingerprint density at radius 3 is 1.19 bits per heavy atom. The van der Waals surface area contributed by atoms with Crippen molar-refractivity contribution in [3.05, 3.63) is 167 Å². The van der Waals surface area contributed by atoms with E-state index in [0.717, 1.165) is 63.7 Å². The van der Waals surface area contributed by atoms with Crippen molar-refractivity contribution >= 4 is 77.4 Å². The minimum atomic E-state index is -2.10. The zero-order valence-corrected chi connectivity index (χ0v) is 55.7. The summed E-state index contributed by atoms with van der Waals surface area (Å²) < 4.78 is 48.0. The van der Waals surface area contributed by atoms with E-state index in [1.807, 2.05) is 0 Å². The number of nitrogens with one attached hydrogen (secondary N) is 2. The normalized spacial score (nSPS) is 27.1. The molecule has 88 heavy (non-hydrogen) atoms. The number of benzene rings is 4. The number of nitrogens with zero attached hydrogens (tertiary/aromatic N) is 6. The summed E-state index contributed by atoms with van der Waals surface area (Å²) in [6, 6.07) is 49.7. The maximum Gasteiger partial charge on any atom is 0.351 e. The van der Waals surface area contributed by atoms with Crippen molar-refractivity contribution < 1.29 is 37.2 Å². The summed E-state index contributed by atoms with van der Waals surface area (Å²) in [4.78, 5) is 58.2. The molecule has 6 fully saturated rings. The van der Waals surface area contributed by atoms with Gasteiger partial charge in [0, 0.05) is 62.2 Å². The lowest BCUT2D eigenvalue weighted by molar-refractivity contribution is -0.119. The second-order valence-corrected chi connectivity index (χ2v) is 36.4. The molecule has 22 heteroatoms. The molecule has 2 N–H and O–H groups in total. The van der Waals surface area contributed by atoms with Crippen LogP contribution in [0.2, 0.25) is 25.2 Å². The number of anilines is 2. The Labute approximate surface area is 522 Å². The molecule has 468 valence electrons. The molecule has 4 aromatic carbocycles. The number of aromatic nitrogens is 4. The Kier molecular flexibility index (Phi) is 20.7. The van der Waals surface area contributed by atoms with Gasteiger partial charge in [-0.25, -0.2) is 18.9 Å². The van der Waals surface area contributed by atoms with Crippen LogP contribution in [0.5, 0.6) is 0 Å². The molecule has 6 aromatic rings. The van der Waals surface area contributed by atoms with Gasteiger partial charge in [-0.05, 0) is 62.7 Å². The molecular weight excluding hydrogens is 1180 g/mol. The summed E-state index contributed by atoms with van der Waals surface area (Å²) in [6.07, 6.45) is 8.88. The standard InChI is InChI=1S/2C33H43N4O5PSi/c2*1-5-27-28(21-31(40-27)36-20-18-30(35-33(36)39)34-32(38)23(2)3)41-43-37-19-12-17-26(37)29(42-43)22-44(4,24-13-8-6-9-14-24)25-15-10-7-11-16-25/h2*6-11,13-16,18,20,23,26-29,31H,5,12,17,19,21-22H2,1-4H3,(H,34,35,38,39)/t26-,27+,28?,29+,31+,43-;26-,27-,28?,29+,31-,43-/m01/s1. The number of hydrogen-bond donors (Lipinski definition) is 2. The van der Waals surface area contributed by atoms with Crippen LogP contribution in [0.25, 0.3) is 0 Å². The molecule has 2 unspecified atom stereocenters. The van der Waals surface area contributed by atoms with Gasteiger partial charge in [-0.1, -0.05) is 197 Å². The van der Waals surface area contributed by atoms with Gasteiger partial charge in [-0.2, -0.15) is 9.97 Å². The molecule has 12 atom stereocenters. The molecule has 0 aliphatic carbocycles. The van der Waals surface area contributed by atoms with E-state index in [1.165, 1.54) is 29.9 Å². The summed E-state index contributed by atoms with van der Waals surface area (Å²) in [7, 11) is -6.69. The van der Waals surface area contributed by atoms with Gasteiger partial charge in [-0.3, -0.25) is 18.7 Å². The molecule has 2 aromatic heterocycles. The van der Waals surface area contributed by atoms with Crippen molar-refractivity contribution in [2.45, 2.75) is 179 Å². The molecule has 8 heterocycles. The van der Waals surface area contributed by atoms with Crippen LogP contribution >= 0.6 is 17.1 Å². The molecular formula is C66H86N8O10P2Si2. The number of rotatable bonds is 20. The lowest BCUT2D eigenvalue weighted by Crippen LogP contribution is -2.58. The topological polar surface area (TPSA) is 190 Å². The molecule has 0 bridgehead atoms. The van der Waals surface area contributed by atoms with Crippen LogP contribution in [0.4, 0.5) is 11.6 Å². The number of amides is 2. The Morgan fingerprint density at radius 1 is 0.545 bits per heavy atom. The third kappa shape index (κ3) is 14.0. The molecule has 6 aliphatic heterocycles. The van der Waals surface area contributed by atoms with E-state index in [9.17, 15) is 19.2 Å². The van der Waals surface area contributed by atoms with E-state index in [-0.39, 0.29) is 71.9 Å². The van der Waals surface area contributed by atoms with Crippen molar-refractivity contribution in [3.63, 3.8) is 0 Å². The highest BCUT2D eigenvalue weighted by molar-refractivity contribution is 7.45. The molecule has 12 rings (SSSR count). The van der Waals surface area contributed by atoms with Crippen LogP contribution in [0, 0.1) is 11.8 Å². The molecule has 2 amide bonds. The predicted molar refractivity (Wildman–Crippen MR) is 352 cm³/mol. The van der Waals surface area contributed by atoms with Crippen LogP contribution in [0.3, 0.4) is 0 Å². The van der Waals surface area contributed by atoms with Gasteiger partial charge < -0.3 is 38.2 Å². The largest absolute Gasteiger partial charge is 0.352 e. The van der Waals surface area contributed by atoms with E-state index in [1.54, 1.807) is 52.2 Å². The fraction of sp³-hybridized carbons (Fsp3) is 0.485. The van der Waals surface area contributed by atoms with Crippen molar-refractivity contribution in [1.29, 1.82) is 0 Å². The average Bonchev–Trinajstić information content (AvgIpc) is 1.80. The maximum atomic E-state index is 12.9. The molecule has 6 saturated heterocycles. The number of carbonyl (C=O) groups excluding carboxylic acids is 2. The van der Waals surface area contributed by atoms with E-state index in [0.29, 0.717) is 24.9 Å². The van der Waals surface area contributed by atoms with E-state index < -0.39 is 57.0 Å². The summed E-state index contributed by atoms with van der Waals surface area (Å²) in [6.45, 7) is 18.2. The fourth-order valence-electron chi connectivity index (χ4n) is 13.4. The highest BCUT2D eigenvalue weighted by Crippen LogP contribution is 2.60. The predicted octanol–water partition coefficient (Wildman–Crippen LogP) is 9.81. The molecule has 18 nitrogen and oxygen atoms in total. The third-order valence-electron chi connectivity index (χ3n) is 18.6. The van der Waals surface area contributed by atoms with Gasteiger partial charge >= 0.3 is 11.4 Å². The van der Waals surface area contributed by atoms with Crippen molar-refractivity contribution in [3.8, 4) is 0 Å². The summed E-state index contributed by atoms with van der Waals surface area (Å²) in [5.41, 5.74) is -0.916. The molecule has 0 radical (unpaired) electrons. The van der Waals surface area contributed by atoms with Crippen molar-refractivity contribution in [1.82, 2.24) is 28.4 Å². The smallest absolute Gasteiger partial charge is 0.351 e. The molecule has 0 spiro atoms. The lowest BCUT2D eigenvalue weighted by atomic mass is 10.1. The van der Waals surface area contributed by atoms with Gasteiger partial charge in [0.2, 0.25) is 11.8 Å². The Morgan fingerprint density at radius 2 is 0.886 bits per heavy atom.